The highest BCUT2D eigenvalue weighted by molar-refractivity contribution is 5.85. The van der Waals surface area contributed by atoms with Crippen molar-refractivity contribution in [2.45, 2.75) is 0 Å². The number of aromatic nitrogens is 1. The van der Waals surface area contributed by atoms with E-state index in [-0.39, 0.29) is 24.8 Å². The molecule has 1 aromatic heterocycles. The van der Waals surface area contributed by atoms with E-state index >= 15 is 0 Å². The van der Waals surface area contributed by atoms with E-state index in [2.05, 4.69) is 4.98 Å². The summed E-state index contributed by atoms with van der Waals surface area (Å²) >= 11 is 0. The van der Waals surface area contributed by atoms with Gasteiger partial charge in [-0.1, -0.05) is 18.2 Å². The first kappa shape index (κ1) is 12.0. The van der Waals surface area contributed by atoms with E-state index in [4.69, 9.17) is 5.73 Å². The van der Waals surface area contributed by atoms with E-state index in [9.17, 15) is 0 Å². The van der Waals surface area contributed by atoms with Crippen LogP contribution in [0.1, 0.15) is 0 Å². The van der Waals surface area contributed by atoms with Crippen molar-refractivity contribution in [1.82, 2.24) is 4.98 Å². The molecule has 4 heteroatoms. The third kappa shape index (κ3) is 2.47. The minimum Gasteiger partial charge on any atom is -0.397 e. The standard InChI is InChI=1S/C9H8N2.2ClH/c10-8-5-7-3-1-2-4-9(7)11-6-8;;/h1-6H,10H2;2*1H. The van der Waals surface area contributed by atoms with Crippen LogP contribution in [-0.4, -0.2) is 4.98 Å². The molecule has 0 aliphatic carbocycles. The Morgan fingerprint density at radius 1 is 1.08 bits per heavy atom. The second-order valence-corrected chi connectivity index (χ2v) is 2.46. The first-order valence-corrected chi connectivity index (χ1v) is 3.46. The quantitative estimate of drug-likeness (QED) is 0.736. The Morgan fingerprint density at radius 3 is 2.54 bits per heavy atom. The lowest BCUT2D eigenvalue weighted by molar-refractivity contribution is 1.41. The summed E-state index contributed by atoms with van der Waals surface area (Å²) in [6.07, 6.45) is 1.67. The molecule has 0 unspecified atom stereocenters. The zero-order valence-corrected chi connectivity index (χ0v) is 8.44. The maximum Gasteiger partial charge on any atom is 0.0703 e. The van der Waals surface area contributed by atoms with Crippen LogP contribution < -0.4 is 5.73 Å². The molecule has 0 atom stereocenters. The average Bonchev–Trinajstić information content (AvgIpc) is 2.04. The van der Waals surface area contributed by atoms with Crippen LogP contribution in [0.2, 0.25) is 0 Å². The number of rotatable bonds is 0. The van der Waals surface area contributed by atoms with E-state index in [1.165, 1.54) is 0 Å². The minimum atomic E-state index is 0. The maximum absolute atomic E-state index is 5.56. The largest absolute Gasteiger partial charge is 0.397 e. The van der Waals surface area contributed by atoms with Crippen LogP contribution in [0.25, 0.3) is 10.9 Å². The zero-order valence-electron chi connectivity index (χ0n) is 6.81. The number of benzene rings is 1. The molecule has 0 spiro atoms. The topological polar surface area (TPSA) is 38.9 Å². The highest BCUT2D eigenvalue weighted by atomic mass is 35.5. The van der Waals surface area contributed by atoms with Crippen molar-refractivity contribution < 1.29 is 0 Å². The van der Waals surface area contributed by atoms with E-state index in [1.807, 2.05) is 30.3 Å². The van der Waals surface area contributed by atoms with Crippen molar-refractivity contribution in [2.75, 3.05) is 5.73 Å². The highest BCUT2D eigenvalue weighted by Gasteiger charge is 1.91. The maximum atomic E-state index is 5.56. The Bertz CT molecular complexity index is 390. The number of anilines is 1. The van der Waals surface area contributed by atoms with Crippen molar-refractivity contribution >= 4 is 41.4 Å². The van der Waals surface area contributed by atoms with Gasteiger partial charge in [-0.05, 0) is 12.1 Å². The molecule has 0 fully saturated rings. The van der Waals surface area contributed by atoms with Crippen LogP contribution in [-0.2, 0) is 0 Å². The second kappa shape index (κ2) is 4.90. The summed E-state index contributed by atoms with van der Waals surface area (Å²) in [6.45, 7) is 0. The number of nitrogens with two attached hydrogens (primary N) is 1. The molecule has 0 bridgehead atoms. The molecule has 2 N–H and O–H groups in total. The number of nitrogens with zero attached hydrogens (tertiary/aromatic N) is 1. The van der Waals surface area contributed by atoms with E-state index in [1.54, 1.807) is 6.20 Å². The predicted molar refractivity (Wildman–Crippen MR) is 60.7 cm³/mol. The van der Waals surface area contributed by atoms with Gasteiger partial charge in [0.2, 0.25) is 0 Å². The fourth-order valence-corrected chi connectivity index (χ4v) is 1.09. The Morgan fingerprint density at radius 2 is 1.77 bits per heavy atom. The van der Waals surface area contributed by atoms with Crippen LogP contribution in [0.3, 0.4) is 0 Å². The molecule has 1 heterocycles. The molecule has 2 nitrogen and oxygen atoms in total. The fraction of sp³-hybridized carbons (Fsp3) is 0. The molecule has 2 rings (SSSR count). The normalized spacial score (nSPS) is 8.62. The summed E-state index contributed by atoms with van der Waals surface area (Å²) < 4.78 is 0. The Labute approximate surface area is 89.0 Å². The van der Waals surface area contributed by atoms with Gasteiger partial charge >= 0.3 is 0 Å². The number of halogens is 2. The molecule has 70 valence electrons. The summed E-state index contributed by atoms with van der Waals surface area (Å²) in [5.74, 6) is 0. The van der Waals surface area contributed by atoms with Crippen LogP contribution in [0.4, 0.5) is 5.69 Å². The molecule has 2 aromatic rings. The molecule has 1 aromatic carbocycles. The SMILES string of the molecule is Cl.Cl.Nc1cnc2ccccc2c1. The van der Waals surface area contributed by atoms with Gasteiger partial charge in [-0.15, -0.1) is 24.8 Å². The fourth-order valence-electron chi connectivity index (χ4n) is 1.09. The van der Waals surface area contributed by atoms with Gasteiger partial charge in [-0.3, -0.25) is 4.98 Å². The Hall–Kier alpha value is -0.990. The third-order valence-electron chi connectivity index (χ3n) is 1.61. The second-order valence-electron chi connectivity index (χ2n) is 2.46. The third-order valence-corrected chi connectivity index (χ3v) is 1.61. The van der Waals surface area contributed by atoms with Gasteiger partial charge in [0.1, 0.15) is 0 Å². The lowest BCUT2D eigenvalue weighted by atomic mass is 10.2. The summed E-state index contributed by atoms with van der Waals surface area (Å²) in [4.78, 5) is 4.16. The zero-order chi connectivity index (χ0) is 7.68. The first-order chi connectivity index (χ1) is 5.36. The van der Waals surface area contributed by atoms with Gasteiger partial charge in [-0.2, -0.15) is 0 Å². The summed E-state index contributed by atoms with van der Waals surface area (Å²) in [5, 5.41) is 1.09. The molecule has 0 radical (unpaired) electrons. The molecular formula is C9H10Cl2N2. The van der Waals surface area contributed by atoms with Gasteiger partial charge < -0.3 is 5.73 Å². The van der Waals surface area contributed by atoms with Gasteiger partial charge in [0, 0.05) is 5.39 Å². The van der Waals surface area contributed by atoms with Crippen LogP contribution in [0.5, 0.6) is 0 Å². The molecule has 13 heavy (non-hydrogen) atoms. The van der Waals surface area contributed by atoms with Crippen LogP contribution in [0.15, 0.2) is 36.5 Å². The van der Waals surface area contributed by atoms with Crippen molar-refractivity contribution in [1.29, 1.82) is 0 Å². The predicted octanol–water partition coefficient (Wildman–Crippen LogP) is 2.66. The molecule has 0 saturated heterocycles. The van der Waals surface area contributed by atoms with Gasteiger partial charge in [-0.25, -0.2) is 0 Å². The number of nitrogen functional groups attached to an aromatic ring is 1. The number of para-hydroxylation sites is 1. The summed E-state index contributed by atoms with van der Waals surface area (Å²) in [6, 6.07) is 9.82. The number of pyridine rings is 1. The average molecular weight is 217 g/mol. The van der Waals surface area contributed by atoms with Gasteiger partial charge in [0.15, 0.2) is 0 Å². The number of fused-ring (bicyclic) bond motifs is 1. The van der Waals surface area contributed by atoms with Gasteiger partial charge in [0.25, 0.3) is 0 Å². The van der Waals surface area contributed by atoms with E-state index in [0.29, 0.717) is 5.69 Å². The molecule has 0 amide bonds. The monoisotopic (exact) mass is 216 g/mol. The van der Waals surface area contributed by atoms with Gasteiger partial charge in [0.05, 0.1) is 17.4 Å². The Kier molecular flexibility index (Phi) is 4.52. The van der Waals surface area contributed by atoms with E-state index < -0.39 is 0 Å². The minimum absolute atomic E-state index is 0. The first-order valence-electron chi connectivity index (χ1n) is 3.46. The molecule has 0 aliphatic rings. The van der Waals surface area contributed by atoms with Crippen molar-refractivity contribution in [3.8, 4) is 0 Å². The van der Waals surface area contributed by atoms with E-state index in [0.717, 1.165) is 10.9 Å². The summed E-state index contributed by atoms with van der Waals surface area (Å²) in [7, 11) is 0. The lowest BCUT2D eigenvalue weighted by Gasteiger charge is -1.95. The van der Waals surface area contributed by atoms with Crippen LogP contribution in [0, 0.1) is 0 Å². The molecule has 0 saturated carbocycles. The smallest absolute Gasteiger partial charge is 0.0703 e. The number of hydrogen-bond acceptors (Lipinski definition) is 2. The lowest BCUT2D eigenvalue weighted by Crippen LogP contribution is -1.85. The van der Waals surface area contributed by atoms with Crippen molar-refractivity contribution in [3.05, 3.63) is 36.5 Å². The highest BCUT2D eigenvalue weighted by Crippen LogP contribution is 2.12. The van der Waals surface area contributed by atoms with Crippen molar-refractivity contribution in [3.63, 3.8) is 0 Å². The van der Waals surface area contributed by atoms with Crippen LogP contribution >= 0.6 is 24.8 Å². The molecule has 0 aliphatic heterocycles. The Balaban J connectivity index is 0.000000720. The number of hydrogen-bond donors (Lipinski definition) is 1. The van der Waals surface area contributed by atoms with Crippen molar-refractivity contribution in [2.24, 2.45) is 0 Å². The molecular weight excluding hydrogens is 207 g/mol. The summed E-state index contributed by atoms with van der Waals surface area (Å²) in [5.41, 5.74) is 7.26.